The first-order chi connectivity index (χ1) is 17.2. The van der Waals surface area contributed by atoms with Crippen molar-refractivity contribution in [2.45, 2.75) is 95.9 Å². The van der Waals surface area contributed by atoms with Crippen molar-refractivity contribution in [3.63, 3.8) is 0 Å². The van der Waals surface area contributed by atoms with Crippen LogP contribution in [0.4, 0.5) is 0 Å². The summed E-state index contributed by atoms with van der Waals surface area (Å²) < 4.78 is 18.4. The molecule has 3 saturated carbocycles. The zero-order chi connectivity index (χ0) is 25.4. The molecule has 3 fully saturated rings. The van der Waals surface area contributed by atoms with Gasteiger partial charge >= 0.3 is 11.9 Å². The van der Waals surface area contributed by atoms with Gasteiger partial charge in [-0.15, -0.1) is 5.92 Å². The fourth-order valence-corrected chi connectivity index (χ4v) is 9.51. The molecular formula is C29H36O7. The van der Waals surface area contributed by atoms with Gasteiger partial charge in [0, 0.05) is 18.9 Å². The Morgan fingerprint density at radius 3 is 2.78 bits per heavy atom. The molecule has 7 heteroatoms. The molecule has 6 rings (SSSR count). The van der Waals surface area contributed by atoms with Gasteiger partial charge in [0.2, 0.25) is 0 Å². The van der Waals surface area contributed by atoms with Crippen LogP contribution in [-0.2, 0) is 23.8 Å². The Kier molecular flexibility index (Phi) is 5.25. The third-order valence-corrected chi connectivity index (χ3v) is 10.8. The lowest BCUT2D eigenvalue weighted by atomic mass is 9.28. The minimum atomic E-state index is -1.13. The van der Waals surface area contributed by atoms with E-state index in [2.05, 4.69) is 18.8 Å². The Bertz CT molecular complexity index is 1130. The number of fused-ring (bicyclic) bond motifs is 3. The quantitative estimate of drug-likeness (QED) is 0.455. The van der Waals surface area contributed by atoms with Crippen LogP contribution < -0.4 is 0 Å². The van der Waals surface area contributed by atoms with Gasteiger partial charge in [0.25, 0.3) is 0 Å². The molecule has 1 spiro atoms. The second-order valence-corrected chi connectivity index (χ2v) is 12.2. The van der Waals surface area contributed by atoms with Gasteiger partial charge < -0.3 is 24.4 Å². The Morgan fingerprint density at radius 2 is 2.03 bits per heavy atom. The Morgan fingerprint density at radius 1 is 1.19 bits per heavy atom. The fraction of sp³-hybridized carbons (Fsp3) is 0.724. The molecule has 194 valence electrons. The number of carbonyl (C=O) groups excluding carboxylic acids is 2. The van der Waals surface area contributed by atoms with E-state index in [9.17, 15) is 19.8 Å². The first kappa shape index (κ1) is 24.1. The Labute approximate surface area is 212 Å². The Hall–Kier alpha value is -2.30. The number of aliphatic hydroxyl groups excluding tert-OH is 2. The zero-order valence-corrected chi connectivity index (χ0v) is 21.2. The molecule has 0 aromatic carbocycles. The number of cyclic esters (lactones) is 1. The molecule has 7 nitrogen and oxygen atoms in total. The normalized spacial score (nSPS) is 46.8. The van der Waals surface area contributed by atoms with E-state index in [1.807, 2.05) is 13.2 Å². The van der Waals surface area contributed by atoms with Crippen LogP contribution in [0, 0.1) is 33.5 Å². The van der Waals surface area contributed by atoms with Crippen molar-refractivity contribution in [1.82, 2.24) is 0 Å². The molecule has 6 aliphatic rings. The van der Waals surface area contributed by atoms with E-state index < -0.39 is 34.1 Å². The lowest BCUT2D eigenvalue weighted by Crippen LogP contribution is -2.84. The maximum Gasteiger partial charge on any atom is 0.331 e. The Balaban J connectivity index is 1.64. The summed E-state index contributed by atoms with van der Waals surface area (Å²) in [6.07, 6.45) is 8.11. The van der Waals surface area contributed by atoms with E-state index >= 15 is 0 Å². The van der Waals surface area contributed by atoms with Crippen LogP contribution >= 0.6 is 0 Å². The first-order valence-electron chi connectivity index (χ1n) is 13.4. The third kappa shape index (κ3) is 2.67. The molecule has 0 aromatic rings. The van der Waals surface area contributed by atoms with Gasteiger partial charge in [-0.1, -0.05) is 12.8 Å². The monoisotopic (exact) mass is 496 g/mol. The molecule has 3 aliphatic carbocycles. The summed E-state index contributed by atoms with van der Waals surface area (Å²) in [5, 5.41) is 23.6. The van der Waals surface area contributed by atoms with E-state index in [1.54, 1.807) is 0 Å². The summed E-state index contributed by atoms with van der Waals surface area (Å²) >= 11 is 0. The summed E-state index contributed by atoms with van der Waals surface area (Å²) in [7, 11) is 0. The topological polar surface area (TPSA) is 102 Å². The van der Waals surface area contributed by atoms with Crippen LogP contribution in [-0.4, -0.2) is 53.2 Å². The summed E-state index contributed by atoms with van der Waals surface area (Å²) in [5.41, 5.74) is -2.11. The summed E-state index contributed by atoms with van der Waals surface area (Å²) in [6, 6.07) is 0. The lowest BCUT2D eigenvalue weighted by molar-refractivity contribution is -0.363. The van der Waals surface area contributed by atoms with E-state index in [1.165, 1.54) is 6.08 Å². The largest absolute Gasteiger partial charge is 0.492 e. The van der Waals surface area contributed by atoms with E-state index in [-0.39, 0.29) is 37.0 Å². The van der Waals surface area contributed by atoms with Crippen molar-refractivity contribution >= 4 is 11.9 Å². The van der Waals surface area contributed by atoms with Crippen LogP contribution in [0.2, 0.25) is 0 Å². The number of esters is 2. The van der Waals surface area contributed by atoms with Crippen molar-refractivity contribution in [3.8, 4) is 11.8 Å². The van der Waals surface area contributed by atoms with Crippen molar-refractivity contribution in [1.29, 1.82) is 0 Å². The smallest absolute Gasteiger partial charge is 0.331 e. The summed E-state index contributed by atoms with van der Waals surface area (Å²) in [4.78, 5) is 24.8. The van der Waals surface area contributed by atoms with Crippen LogP contribution in [0.5, 0.6) is 0 Å². The second kappa shape index (κ2) is 7.85. The third-order valence-electron chi connectivity index (χ3n) is 10.8. The maximum absolute atomic E-state index is 13.0. The summed E-state index contributed by atoms with van der Waals surface area (Å²) in [6.45, 7) is 4.24. The second-order valence-electron chi connectivity index (χ2n) is 12.2. The highest BCUT2D eigenvalue weighted by molar-refractivity contribution is 5.85. The molecule has 2 N–H and O–H groups in total. The lowest BCUT2D eigenvalue weighted by Gasteiger charge is -2.78. The zero-order valence-electron chi connectivity index (χ0n) is 21.2. The van der Waals surface area contributed by atoms with Gasteiger partial charge in [-0.25, -0.2) is 4.79 Å². The van der Waals surface area contributed by atoms with Crippen molar-refractivity contribution in [2.24, 2.45) is 21.7 Å². The summed E-state index contributed by atoms with van der Waals surface area (Å²) in [5.74, 6) is 6.09. The molecule has 0 amide bonds. The first-order valence-corrected chi connectivity index (χ1v) is 13.4. The van der Waals surface area contributed by atoms with E-state index in [0.717, 1.165) is 36.8 Å². The molecule has 3 aliphatic heterocycles. The van der Waals surface area contributed by atoms with Crippen LogP contribution in [0.15, 0.2) is 23.5 Å². The molecule has 4 bridgehead atoms. The highest BCUT2D eigenvalue weighted by Crippen LogP contribution is 2.80. The number of hydrogen-bond donors (Lipinski definition) is 2. The van der Waals surface area contributed by atoms with Crippen molar-refractivity contribution in [2.75, 3.05) is 13.2 Å². The number of rotatable bonds is 4. The molecular weight excluding hydrogens is 460 g/mol. The average Bonchev–Trinajstić information content (AvgIpc) is 3.29. The molecule has 0 saturated heterocycles. The van der Waals surface area contributed by atoms with E-state index in [0.29, 0.717) is 32.1 Å². The van der Waals surface area contributed by atoms with Crippen LogP contribution in [0.25, 0.3) is 0 Å². The number of hydrogen-bond acceptors (Lipinski definition) is 7. The van der Waals surface area contributed by atoms with Crippen LogP contribution in [0.3, 0.4) is 0 Å². The SMILES string of the molecule is C[C@@]12CCCC3=CO[C@@]4(CCC5=CC(=O)OC5)[C@@](CO)([C@@H](O)CC1)[C@@]32[C@H]1C[C@]4(C)C#CCCC(=O)O1. The highest BCUT2D eigenvalue weighted by atomic mass is 16.6. The maximum atomic E-state index is 13.0. The van der Waals surface area contributed by atoms with Gasteiger partial charge in [-0.3, -0.25) is 4.79 Å². The fourth-order valence-electron chi connectivity index (χ4n) is 9.51. The highest BCUT2D eigenvalue weighted by Gasteiger charge is 2.85. The standard InChI is InChI=1S/C29H36O7/c1-25-11-5-6-20-17-35-28(13-8-19-14-24(33)34-16-19)26(2)10-4-3-7-23(32)36-22(15-26)29(20,25)27(28,18-30)21(31)9-12-25/h14,17,21-22,30-31H,3,5-9,11-13,15-16,18H2,1-2H3/t21-,22+,25+,26-,27+,28+,29+/m0/s1. The van der Waals surface area contributed by atoms with Crippen molar-refractivity contribution in [3.05, 3.63) is 23.5 Å². The molecule has 7 atom stereocenters. The van der Waals surface area contributed by atoms with E-state index in [4.69, 9.17) is 14.2 Å². The number of aliphatic hydroxyl groups is 2. The van der Waals surface area contributed by atoms with Crippen LogP contribution in [0.1, 0.15) is 78.1 Å². The number of carbonyl (C=O) groups is 2. The minimum Gasteiger partial charge on any atom is -0.492 e. The van der Waals surface area contributed by atoms with Gasteiger partial charge in [-0.2, -0.15) is 0 Å². The van der Waals surface area contributed by atoms with Gasteiger partial charge in [0.1, 0.15) is 18.3 Å². The van der Waals surface area contributed by atoms with Gasteiger partial charge in [0.15, 0.2) is 0 Å². The predicted octanol–water partition coefficient (Wildman–Crippen LogP) is 3.33. The average molecular weight is 497 g/mol. The molecule has 0 unspecified atom stereocenters. The minimum absolute atomic E-state index is 0.223. The molecule has 3 heterocycles. The molecule has 0 radical (unpaired) electrons. The van der Waals surface area contributed by atoms with Gasteiger partial charge in [0.05, 0.1) is 41.6 Å². The molecule has 36 heavy (non-hydrogen) atoms. The predicted molar refractivity (Wildman–Crippen MR) is 129 cm³/mol. The number of ether oxygens (including phenoxy) is 3. The van der Waals surface area contributed by atoms with Gasteiger partial charge in [-0.05, 0) is 68.4 Å². The molecule has 0 aromatic heterocycles. The van der Waals surface area contributed by atoms with Crippen molar-refractivity contribution < 1.29 is 34.0 Å².